The molecule has 1 amide bonds. The Kier molecular flexibility index (Phi) is 5.40. The molecule has 26 heavy (non-hydrogen) atoms. The predicted octanol–water partition coefficient (Wildman–Crippen LogP) is 4.09. The lowest BCUT2D eigenvalue weighted by Gasteiger charge is -2.07. The monoisotopic (exact) mass is 362 g/mol. The van der Waals surface area contributed by atoms with Crippen LogP contribution in [0, 0.1) is 25.2 Å². The van der Waals surface area contributed by atoms with Crippen LogP contribution in [-0.2, 0) is 4.79 Å². The summed E-state index contributed by atoms with van der Waals surface area (Å²) in [6, 6.07) is 18.9. The normalized spacial score (nSPS) is 10.3. The molecule has 0 atom stereocenters. The summed E-state index contributed by atoms with van der Waals surface area (Å²) in [5.41, 5.74) is 4.06. The number of nitrogens with one attached hydrogen (secondary N) is 1. The minimum atomic E-state index is -0.114. The third-order valence-electron chi connectivity index (χ3n) is 3.85. The zero-order valence-electron chi connectivity index (χ0n) is 14.6. The fourth-order valence-electron chi connectivity index (χ4n) is 2.66. The van der Waals surface area contributed by atoms with Gasteiger partial charge in [-0.15, -0.1) is 11.8 Å². The fraction of sp³-hybridized carbons (Fsp3) is 0.150. The molecule has 3 rings (SSSR count). The maximum atomic E-state index is 12.2. The molecule has 1 aromatic heterocycles. The summed E-state index contributed by atoms with van der Waals surface area (Å²) in [6.07, 6.45) is 0. The molecule has 5 nitrogen and oxygen atoms in total. The Labute approximate surface area is 156 Å². The van der Waals surface area contributed by atoms with Crippen LogP contribution in [0.3, 0.4) is 0 Å². The van der Waals surface area contributed by atoms with E-state index < -0.39 is 0 Å². The standard InChI is InChI=1S/C20H18N4OS/c1-14-20(15(2)24(23-14)18-9-4-3-5-10-18)26-13-19(25)22-17-8-6-7-16(11-17)12-21/h3-11H,13H2,1-2H3,(H,22,25). The van der Waals surface area contributed by atoms with Crippen LogP contribution in [0.15, 0.2) is 59.5 Å². The van der Waals surface area contributed by atoms with Gasteiger partial charge >= 0.3 is 0 Å². The van der Waals surface area contributed by atoms with Gasteiger partial charge in [-0.1, -0.05) is 24.3 Å². The molecule has 0 fully saturated rings. The van der Waals surface area contributed by atoms with Crippen LogP contribution >= 0.6 is 11.8 Å². The van der Waals surface area contributed by atoms with E-state index in [1.165, 1.54) is 11.8 Å². The number of nitriles is 1. The van der Waals surface area contributed by atoms with E-state index in [2.05, 4.69) is 16.5 Å². The highest BCUT2D eigenvalue weighted by atomic mass is 32.2. The number of aryl methyl sites for hydroxylation is 1. The molecule has 0 aliphatic heterocycles. The number of nitrogens with zero attached hydrogens (tertiary/aromatic N) is 3. The number of anilines is 1. The summed E-state index contributed by atoms with van der Waals surface area (Å²) in [7, 11) is 0. The number of carbonyl (C=O) groups excluding carboxylic acids is 1. The lowest BCUT2D eigenvalue weighted by Crippen LogP contribution is -2.14. The van der Waals surface area contributed by atoms with Crippen LogP contribution in [0.4, 0.5) is 5.69 Å². The van der Waals surface area contributed by atoms with E-state index >= 15 is 0 Å². The van der Waals surface area contributed by atoms with Crippen molar-refractivity contribution in [2.24, 2.45) is 0 Å². The molecule has 2 aromatic carbocycles. The smallest absolute Gasteiger partial charge is 0.234 e. The molecule has 1 heterocycles. The van der Waals surface area contributed by atoms with Crippen molar-refractivity contribution in [2.45, 2.75) is 18.7 Å². The number of para-hydroxylation sites is 1. The Balaban J connectivity index is 1.69. The van der Waals surface area contributed by atoms with Gasteiger partial charge in [0.05, 0.1) is 39.4 Å². The quantitative estimate of drug-likeness (QED) is 0.694. The first kappa shape index (κ1) is 17.8. The number of carbonyl (C=O) groups is 1. The fourth-order valence-corrected chi connectivity index (χ4v) is 3.55. The lowest BCUT2D eigenvalue weighted by atomic mass is 10.2. The van der Waals surface area contributed by atoms with Crippen LogP contribution < -0.4 is 5.32 Å². The number of hydrogen-bond acceptors (Lipinski definition) is 4. The summed E-state index contributed by atoms with van der Waals surface area (Å²) in [4.78, 5) is 13.3. The molecule has 0 aliphatic carbocycles. The van der Waals surface area contributed by atoms with Gasteiger partial charge in [0.25, 0.3) is 0 Å². The number of benzene rings is 2. The Morgan fingerprint density at radius 1 is 1.19 bits per heavy atom. The van der Waals surface area contributed by atoms with Gasteiger partial charge < -0.3 is 5.32 Å². The van der Waals surface area contributed by atoms with Crippen molar-refractivity contribution in [3.8, 4) is 11.8 Å². The average Bonchev–Trinajstić information content (AvgIpc) is 2.95. The van der Waals surface area contributed by atoms with Gasteiger partial charge in [0, 0.05) is 5.69 Å². The zero-order valence-corrected chi connectivity index (χ0v) is 15.4. The maximum absolute atomic E-state index is 12.2. The highest BCUT2D eigenvalue weighted by Gasteiger charge is 2.15. The minimum Gasteiger partial charge on any atom is -0.325 e. The summed E-state index contributed by atoms with van der Waals surface area (Å²) < 4.78 is 1.89. The van der Waals surface area contributed by atoms with E-state index in [1.807, 2.05) is 48.9 Å². The molecule has 6 heteroatoms. The number of thioether (sulfide) groups is 1. The highest BCUT2D eigenvalue weighted by molar-refractivity contribution is 8.00. The van der Waals surface area contributed by atoms with Gasteiger partial charge in [0.2, 0.25) is 5.91 Å². The number of aromatic nitrogens is 2. The van der Waals surface area contributed by atoms with Crippen LogP contribution in [-0.4, -0.2) is 21.4 Å². The molecule has 0 radical (unpaired) electrons. The number of hydrogen-bond donors (Lipinski definition) is 1. The molecule has 1 N–H and O–H groups in total. The Hall–Kier alpha value is -3.04. The SMILES string of the molecule is Cc1nn(-c2ccccc2)c(C)c1SCC(=O)Nc1cccc(C#N)c1. The van der Waals surface area contributed by atoms with Gasteiger partial charge in [-0.05, 0) is 44.2 Å². The van der Waals surface area contributed by atoms with Crippen LogP contribution in [0.1, 0.15) is 17.0 Å². The molecule has 0 saturated carbocycles. The van der Waals surface area contributed by atoms with E-state index in [0.29, 0.717) is 11.3 Å². The Bertz CT molecular complexity index is 973. The van der Waals surface area contributed by atoms with Gasteiger partial charge in [-0.3, -0.25) is 4.79 Å². The second-order valence-corrected chi connectivity index (χ2v) is 6.76. The van der Waals surface area contributed by atoms with E-state index in [1.54, 1.807) is 24.3 Å². The Morgan fingerprint density at radius 3 is 2.69 bits per heavy atom. The third-order valence-corrected chi connectivity index (χ3v) is 5.13. The third kappa shape index (κ3) is 3.95. The van der Waals surface area contributed by atoms with E-state index in [4.69, 9.17) is 5.26 Å². The molecular weight excluding hydrogens is 344 g/mol. The summed E-state index contributed by atoms with van der Waals surface area (Å²) in [5.74, 6) is 0.162. The van der Waals surface area contributed by atoms with E-state index in [9.17, 15) is 4.79 Å². The summed E-state index contributed by atoms with van der Waals surface area (Å²) in [6.45, 7) is 3.95. The van der Waals surface area contributed by atoms with Crippen molar-refractivity contribution >= 4 is 23.4 Å². The van der Waals surface area contributed by atoms with Crippen LogP contribution in [0.2, 0.25) is 0 Å². The molecule has 0 unspecified atom stereocenters. The van der Waals surface area contributed by atoms with Crippen molar-refractivity contribution in [3.05, 3.63) is 71.5 Å². The molecule has 0 spiro atoms. The molecule has 0 saturated heterocycles. The van der Waals surface area contributed by atoms with E-state index in [-0.39, 0.29) is 11.7 Å². The zero-order chi connectivity index (χ0) is 18.5. The largest absolute Gasteiger partial charge is 0.325 e. The maximum Gasteiger partial charge on any atom is 0.234 e. The van der Waals surface area contributed by atoms with Crippen LogP contribution in [0.5, 0.6) is 0 Å². The van der Waals surface area contributed by atoms with Crippen molar-refractivity contribution < 1.29 is 4.79 Å². The minimum absolute atomic E-state index is 0.114. The lowest BCUT2D eigenvalue weighted by molar-refractivity contribution is -0.113. The van der Waals surface area contributed by atoms with Crippen molar-refractivity contribution in [1.82, 2.24) is 9.78 Å². The average molecular weight is 362 g/mol. The van der Waals surface area contributed by atoms with Gasteiger partial charge in [-0.25, -0.2) is 4.68 Å². The molecule has 130 valence electrons. The second kappa shape index (κ2) is 7.89. The van der Waals surface area contributed by atoms with Gasteiger partial charge in [0.15, 0.2) is 0 Å². The van der Waals surface area contributed by atoms with Crippen LogP contribution in [0.25, 0.3) is 5.69 Å². The number of amides is 1. The predicted molar refractivity (Wildman–Crippen MR) is 104 cm³/mol. The summed E-state index contributed by atoms with van der Waals surface area (Å²) in [5, 5.41) is 16.3. The van der Waals surface area contributed by atoms with Crippen molar-refractivity contribution in [1.29, 1.82) is 5.26 Å². The first-order valence-corrected chi connectivity index (χ1v) is 9.11. The van der Waals surface area contributed by atoms with Crippen molar-refractivity contribution in [2.75, 3.05) is 11.1 Å². The molecule has 0 aliphatic rings. The first-order valence-electron chi connectivity index (χ1n) is 8.13. The highest BCUT2D eigenvalue weighted by Crippen LogP contribution is 2.28. The van der Waals surface area contributed by atoms with Gasteiger partial charge in [-0.2, -0.15) is 10.4 Å². The number of rotatable bonds is 5. The van der Waals surface area contributed by atoms with Gasteiger partial charge in [0.1, 0.15) is 0 Å². The summed E-state index contributed by atoms with van der Waals surface area (Å²) >= 11 is 1.47. The molecular formula is C20H18N4OS. The first-order chi connectivity index (χ1) is 12.6. The Morgan fingerprint density at radius 2 is 1.96 bits per heavy atom. The van der Waals surface area contributed by atoms with E-state index in [0.717, 1.165) is 22.0 Å². The second-order valence-electron chi connectivity index (χ2n) is 5.78. The molecule has 0 bridgehead atoms. The molecule has 3 aromatic rings. The van der Waals surface area contributed by atoms with Crippen molar-refractivity contribution in [3.63, 3.8) is 0 Å². The topological polar surface area (TPSA) is 70.7 Å².